The minimum atomic E-state index is 0.0174. The summed E-state index contributed by atoms with van der Waals surface area (Å²) in [6.07, 6.45) is 3.39. The molecule has 0 radical (unpaired) electrons. The van der Waals surface area contributed by atoms with Crippen molar-refractivity contribution in [3.63, 3.8) is 0 Å². The first-order chi connectivity index (χ1) is 13.8. The van der Waals surface area contributed by atoms with Crippen LogP contribution in [0.5, 0.6) is 11.8 Å². The third-order valence-corrected chi connectivity index (χ3v) is 4.61. The fourth-order valence-electron chi connectivity index (χ4n) is 3.23. The minimum absolute atomic E-state index is 0.0174. The van der Waals surface area contributed by atoms with Gasteiger partial charge in [0.2, 0.25) is 11.8 Å². The quantitative estimate of drug-likeness (QED) is 0.560. The van der Waals surface area contributed by atoms with Crippen molar-refractivity contribution in [2.24, 2.45) is 0 Å². The van der Waals surface area contributed by atoms with Gasteiger partial charge in [-0.25, -0.2) is 14.5 Å². The Balaban J connectivity index is 1.46. The van der Waals surface area contributed by atoms with Crippen LogP contribution in [0.2, 0.25) is 0 Å². The van der Waals surface area contributed by atoms with E-state index < -0.39 is 0 Å². The number of furan rings is 1. The molecule has 1 fully saturated rings. The second kappa shape index (κ2) is 7.10. The number of nitrogens with one attached hydrogen (secondary N) is 1. The zero-order chi connectivity index (χ0) is 18.9. The Kier molecular flexibility index (Phi) is 4.30. The van der Waals surface area contributed by atoms with Crippen LogP contribution in [0.4, 0.5) is 0 Å². The van der Waals surface area contributed by atoms with Crippen molar-refractivity contribution in [3.8, 4) is 23.2 Å². The first-order valence-corrected chi connectivity index (χ1v) is 9.04. The van der Waals surface area contributed by atoms with Gasteiger partial charge in [0.25, 0.3) is 0 Å². The van der Waals surface area contributed by atoms with Crippen LogP contribution in [0.3, 0.4) is 0 Å². The van der Waals surface area contributed by atoms with Gasteiger partial charge in [-0.3, -0.25) is 0 Å². The van der Waals surface area contributed by atoms with E-state index in [0.29, 0.717) is 47.7 Å². The Morgan fingerprint density at radius 3 is 3.11 bits per heavy atom. The molecule has 1 atom stereocenters. The summed E-state index contributed by atoms with van der Waals surface area (Å²) in [4.78, 5) is 8.61. The number of methoxy groups -OCH3 is 1. The zero-order valence-electron chi connectivity index (χ0n) is 15.3. The summed E-state index contributed by atoms with van der Waals surface area (Å²) in [6.45, 7) is 2.77. The fraction of sp³-hybridized carbons (Fsp3) is 0.316. The second-order valence-corrected chi connectivity index (χ2v) is 6.44. The lowest BCUT2D eigenvalue weighted by molar-refractivity contribution is -0.000968. The van der Waals surface area contributed by atoms with Gasteiger partial charge in [-0.05, 0) is 12.1 Å². The predicted octanol–water partition coefficient (Wildman–Crippen LogP) is 1.91. The molecular weight excluding hydrogens is 362 g/mol. The van der Waals surface area contributed by atoms with Gasteiger partial charge >= 0.3 is 0 Å². The van der Waals surface area contributed by atoms with E-state index in [9.17, 15) is 0 Å². The fourth-order valence-corrected chi connectivity index (χ4v) is 3.23. The summed E-state index contributed by atoms with van der Waals surface area (Å²) in [6, 6.07) is 7.33. The highest BCUT2D eigenvalue weighted by Gasteiger charge is 2.17. The van der Waals surface area contributed by atoms with Crippen molar-refractivity contribution in [1.29, 1.82) is 0 Å². The number of nitrogens with zero attached hydrogens (tertiary/aromatic N) is 4. The molecular formula is C19H19N5O4. The number of ether oxygens (including phenoxy) is 3. The van der Waals surface area contributed by atoms with E-state index in [4.69, 9.17) is 18.6 Å². The molecule has 9 nitrogen and oxygen atoms in total. The molecule has 0 spiro atoms. The number of pyridine rings is 1. The molecule has 0 aliphatic carbocycles. The standard InChI is InChI=1S/C19H19N5O4/c1-25-19-13-8-16(28-15(13)4-5-21-19)14-10-22-17-2-3-18(23-24(14)17)27-11-12-9-20-6-7-26-12/h2-5,8,10,12,20H,6-7,9,11H2,1H3. The summed E-state index contributed by atoms with van der Waals surface area (Å²) < 4.78 is 24.5. The van der Waals surface area contributed by atoms with E-state index in [1.165, 1.54) is 0 Å². The highest BCUT2D eigenvalue weighted by molar-refractivity contribution is 5.86. The largest absolute Gasteiger partial charge is 0.480 e. The van der Waals surface area contributed by atoms with Crippen LogP contribution >= 0.6 is 0 Å². The Morgan fingerprint density at radius 1 is 1.29 bits per heavy atom. The van der Waals surface area contributed by atoms with E-state index in [1.54, 1.807) is 36.2 Å². The first kappa shape index (κ1) is 17.0. The van der Waals surface area contributed by atoms with Crippen LogP contribution in [-0.2, 0) is 4.74 Å². The monoisotopic (exact) mass is 381 g/mol. The van der Waals surface area contributed by atoms with Gasteiger partial charge in [0.05, 0.1) is 25.3 Å². The molecule has 0 bridgehead atoms. The molecule has 4 aromatic rings. The highest BCUT2D eigenvalue weighted by atomic mass is 16.5. The van der Waals surface area contributed by atoms with Gasteiger partial charge in [-0.1, -0.05) is 0 Å². The molecule has 0 amide bonds. The number of hydrogen-bond donors (Lipinski definition) is 1. The molecule has 0 saturated carbocycles. The molecule has 9 heteroatoms. The Labute approximate surface area is 160 Å². The first-order valence-electron chi connectivity index (χ1n) is 9.04. The summed E-state index contributed by atoms with van der Waals surface area (Å²) >= 11 is 0. The lowest BCUT2D eigenvalue weighted by Gasteiger charge is -2.23. The molecule has 5 heterocycles. The van der Waals surface area contributed by atoms with Gasteiger partial charge in [0.1, 0.15) is 24.0 Å². The predicted molar refractivity (Wildman–Crippen MR) is 101 cm³/mol. The Morgan fingerprint density at radius 2 is 2.25 bits per heavy atom. The number of hydrogen-bond acceptors (Lipinski definition) is 8. The molecule has 0 aromatic carbocycles. The minimum Gasteiger partial charge on any atom is -0.480 e. The Bertz CT molecular complexity index is 1120. The molecule has 1 saturated heterocycles. The van der Waals surface area contributed by atoms with Gasteiger partial charge in [-0.2, -0.15) is 0 Å². The van der Waals surface area contributed by atoms with Crippen LogP contribution < -0.4 is 14.8 Å². The molecule has 144 valence electrons. The van der Waals surface area contributed by atoms with Gasteiger partial charge in [-0.15, -0.1) is 5.10 Å². The molecule has 1 N–H and O–H groups in total. The third kappa shape index (κ3) is 3.04. The SMILES string of the molecule is COc1nccc2oc(-c3cnc4ccc(OCC5CNCCO5)nn34)cc12. The number of aromatic nitrogens is 4. The summed E-state index contributed by atoms with van der Waals surface area (Å²) in [5.41, 5.74) is 2.10. The van der Waals surface area contributed by atoms with E-state index in [0.717, 1.165) is 18.5 Å². The Hall–Kier alpha value is -3.17. The number of imidazole rings is 1. The molecule has 1 aliphatic rings. The number of morpholine rings is 1. The molecule has 4 aromatic heterocycles. The van der Waals surface area contributed by atoms with E-state index in [2.05, 4.69) is 20.4 Å². The summed E-state index contributed by atoms with van der Waals surface area (Å²) in [5, 5.41) is 8.63. The smallest absolute Gasteiger partial charge is 0.231 e. The van der Waals surface area contributed by atoms with Crippen molar-refractivity contribution >= 4 is 16.6 Å². The molecule has 5 rings (SSSR count). The van der Waals surface area contributed by atoms with E-state index >= 15 is 0 Å². The lowest BCUT2D eigenvalue weighted by atomic mass is 10.3. The van der Waals surface area contributed by atoms with Crippen LogP contribution in [-0.4, -0.2) is 59.1 Å². The molecule has 1 unspecified atom stereocenters. The maximum atomic E-state index is 5.97. The topological polar surface area (TPSA) is 95.9 Å². The van der Waals surface area contributed by atoms with Crippen LogP contribution in [0.25, 0.3) is 28.1 Å². The van der Waals surface area contributed by atoms with Crippen molar-refractivity contribution in [3.05, 3.63) is 36.7 Å². The zero-order valence-corrected chi connectivity index (χ0v) is 15.3. The average Bonchev–Trinajstić information content (AvgIpc) is 3.36. The van der Waals surface area contributed by atoms with Gasteiger partial charge in [0, 0.05) is 31.4 Å². The second-order valence-electron chi connectivity index (χ2n) is 6.44. The van der Waals surface area contributed by atoms with E-state index in [-0.39, 0.29) is 6.10 Å². The van der Waals surface area contributed by atoms with Crippen LogP contribution in [0.1, 0.15) is 0 Å². The number of fused-ring (bicyclic) bond motifs is 2. The number of rotatable bonds is 5. The van der Waals surface area contributed by atoms with Crippen LogP contribution in [0, 0.1) is 0 Å². The van der Waals surface area contributed by atoms with E-state index in [1.807, 2.05) is 12.1 Å². The van der Waals surface area contributed by atoms with Gasteiger partial charge in [0.15, 0.2) is 11.4 Å². The van der Waals surface area contributed by atoms with Crippen molar-refractivity contribution < 1.29 is 18.6 Å². The highest BCUT2D eigenvalue weighted by Crippen LogP contribution is 2.32. The average molecular weight is 381 g/mol. The maximum Gasteiger partial charge on any atom is 0.231 e. The van der Waals surface area contributed by atoms with Crippen molar-refractivity contribution in [2.45, 2.75) is 6.10 Å². The van der Waals surface area contributed by atoms with Gasteiger partial charge < -0.3 is 23.9 Å². The lowest BCUT2D eigenvalue weighted by Crippen LogP contribution is -2.41. The van der Waals surface area contributed by atoms with Crippen molar-refractivity contribution in [2.75, 3.05) is 33.4 Å². The summed E-state index contributed by atoms with van der Waals surface area (Å²) in [7, 11) is 1.58. The van der Waals surface area contributed by atoms with Crippen molar-refractivity contribution in [1.82, 2.24) is 24.9 Å². The normalized spacial score (nSPS) is 17.2. The molecule has 28 heavy (non-hydrogen) atoms. The summed E-state index contributed by atoms with van der Waals surface area (Å²) in [5.74, 6) is 1.63. The molecule has 1 aliphatic heterocycles. The van der Waals surface area contributed by atoms with Crippen LogP contribution in [0.15, 0.2) is 41.1 Å². The maximum absolute atomic E-state index is 5.97. The third-order valence-electron chi connectivity index (χ3n) is 4.61.